The Hall–Kier alpha value is -2.19. The van der Waals surface area contributed by atoms with Gasteiger partial charge in [-0.15, -0.1) is 0 Å². The molecule has 0 aliphatic carbocycles. The Morgan fingerprint density at radius 2 is 2.17 bits per heavy atom. The van der Waals surface area contributed by atoms with E-state index in [4.69, 9.17) is 5.26 Å². The van der Waals surface area contributed by atoms with Gasteiger partial charge in [0, 0.05) is 38.7 Å². The summed E-state index contributed by atoms with van der Waals surface area (Å²) in [4.78, 5) is 8.45. The van der Waals surface area contributed by atoms with Crippen LogP contribution in [0.4, 0.5) is 0 Å². The third-order valence-corrected chi connectivity index (χ3v) is 2.65. The third kappa shape index (κ3) is 2.93. The summed E-state index contributed by atoms with van der Waals surface area (Å²) in [6.45, 7) is 3.30. The maximum Gasteiger partial charge on any atom is 0.120 e. The summed E-state index contributed by atoms with van der Waals surface area (Å²) in [5.74, 6) is 0. The lowest BCUT2D eigenvalue weighted by molar-refractivity contribution is 0.675. The molecule has 0 unspecified atom stereocenters. The summed E-state index contributed by atoms with van der Waals surface area (Å²) in [5, 5.41) is 12.1. The van der Waals surface area contributed by atoms with Crippen molar-refractivity contribution in [3.8, 4) is 6.07 Å². The predicted octanol–water partition coefficient (Wildman–Crippen LogP) is 1.28. The molecular weight excluding hydrogens is 226 g/mol. The van der Waals surface area contributed by atoms with Crippen molar-refractivity contribution >= 4 is 0 Å². The topological polar surface area (TPSA) is 66.5 Å². The van der Waals surface area contributed by atoms with Crippen LogP contribution in [0.5, 0.6) is 0 Å². The molecule has 2 aromatic rings. The molecule has 0 saturated heterocycles. The second kappa shape index (κ2) is 5.43. The Morgan fingerprint density at radius 3 is 2.78 bits per heavy atom. The van der Waals surface area contributed by atoms with E-state index in [0.29, 0.717) is 18.8 Å². The number of aryl methyl sites for hydroxylation is 2. The van der Waals surface area contributed by atoms with Gasteiger partial charge in [-0.25, -0.2) is 0 Å². The van der Waals surface area contributed by atoms with Crippen LogP contribution in [0.2, 0.25) is 0 Å². The molecule has 0 atom stereocenters. The fourth-order valence-corrected chi connectivity index (χ4v) is 1.69. The van der Waals surface area contributed by atoms with E-state index in [1.54, 1.807) is 12.4 Å². The third-order valence-electron chi connectivity index (χ3n) is 2.65. The fourth-order valence-electron chi connectivity index (χ4n) is 1.69. The zero-order valence-corrected chi connectivity index (χ0v) is 10.5. The Bertz CT molecular complexity index is 562. The van der Waals surface area contributed by atoms with Crippen molar-refractivity contribution < 1.29 is 0 Å². The van der Waals surface area contributed by atoms with E-state index in [1.165, 1.54) is 0 Å². The molecule has 1 N–H and O–H groups in total. The Morgan fingerprint density at radius 1 is 1.33 bits per heavy atom. The maximum atomic E-state index is 8.85. The van der Waals surface area contributed by atoms with Gasteiger partial charge in [0.1, 0.15) is 11.8 Å². The molecule has 0 aliphatic heterocycles. The van der Waals surface area contributed by atoms with Gasteiger partial charge in [-0.1, -0.05) is 0 Å². The van der Waals surface area contributed by atoms with Gasteiger partial charge in [-0.05, 0) is 18.6 Å². The zero-order valence-electron chi connectivity index (χ0n) is 10.5. The standard InChI is InChI=1S/C13H15N5/c1-10-5-17-12(8-16-10)7-15-6-11-3-13(4-14)18(2)9-11/h3,5,8-9,15H,6-7H2,1-2H3. The number of hydrogen-bond donors (Lipinski definition) is 1. The normalized spacial score (nSPS) is 10.3. The van der Waals surface area contributed by atoms with Crippen molar-refractivity contribution in [1.29, 1.82) is 5.26 Å². The highest BCUT2D eigenvalue weighted by molar-refractivity contribution is 5.28. The molecule has 0 fully saturated rings. The van der Waals surface area contributed by atoms with Gasteiger partial charge in [-0.2, -0.15) is 5.26 Å². The summed E-state index contributed by atoms with van der Waals surface area (Å²) in [5.41, 5.74) is 3.59. The molecule has 18 heavy (non-hydrogen) atoms. The molecule has 0 spiro atoms. The lowest BCUT2D eigenvalue weighted by Crippen LogP contribution is -2.13. The van der Waals surface area contributed by atoms with Gasteiger partial charge >= 0.3 is 0 Å². The Kier molecular flexibility index (Phi) is 3.70. The quantitative estimate of drug-likeness (QED) is 0.875. The van der Waals surface area contributed by atoms with Gasteiger partial charge in [0.15, 0.2) is 0 Å². The average molecular weight is 241 g/mol. The molecule has 0 aliphatic rings. The minimum atomic E-state index is 0.668. The lowest BCUT2D eigenvalue weighted by atomic mass is 10.3. The number of nitriles is 1. The molecule has 5 heteroatoms. The average Bonchev–Trinajstić information content (AvgIpc) is 2.72. The molecule has 0 amide bonds. The van der Waals surface area contributed by atoms with Crippen LogP contribution in [0.1, 0.15) is 22.6 Å². The molecule has 92 valence electrons. The van der Waals surface area contributed by atoms with Crippen molar-refractivity contribution in [3.63, 3.8) is 0 Å². The highest BCUT2D eigenvalue weighted by Gasteiger charge is 2.02. The Balaban J connectivity index is 1.88. The highest BCUT2D eigenvalue weighted by atomic mass is 14.9. The number of nitrogens with zero attached hydrogens (tertiary/aromatic N) is 4. The van der Waals surface area contributed by atoms with Gasteiger partial charge in [0.25, 0.3) is 0 Å². The summed E-state index contributed by atoms with van der Waals surface area (Å²) in [6, 6.07) is 4.03. The van der Waals surface area contributed by atoms with Crippen molar-refractivity contribution in [2.45, 2.75) is 20.0 Å². The molecule has 2 rings (SSSR count). The van der Waals surface area contributed by atoms with E-state index in [1.807, 2.05) is 30.8 Å². The van der Waals surface area contributed by atoms with E-state index in [-0.39, 0.29) is 0 Å². The minimum absolute atomic E-state index is 0.668. The maximum absolute atomic E-state index is 8.85. The van der Waals surface area contributed by atoms with Crippen LogP contribution < -0.4 is 5.32 Å². The van der Waals surface area contributed by atoms with Gasteiger partial charge in [0.2, 0.25) is 0 Å². The SMILES string of the molecule is Cc1cnc(CNCc2cc(C#N)n(C)c2)cn1. The molecule has 5 nitrogen and oxygen atoms in total. The Labute approximate surface area is 106 Å². The van der Waals surface area contributed by atoms with Crippen LogP contribution in [-0.2, 0) is 20.1 Å². The first-order valence-electron chi connectivity index (χ1n) is 5.72. The van der Waals surface area contributed by atoms with E-state index in [0.717, 1.165) is 17.0 Å². The first-order chi connectivity index (χ1) is 8.69. The summed E-state index contributed by atoms with van der Waals surface area (Å²) in [7, 11) is 1.87. The van der Waals surface area contributed by atoms with Crippen molar-refractivity contribution in [3.05, 3.63) is 47.3 Å². The van der Waals surface area contributed by atoms with Crippen LogP contribution in [0.3, 0.4) is 0 Å². The first kappa shape index (κ1) is 12.3. The highest BCUT2D eigenvalue weighted by Crippen LogP contribution is 2.05. The summed E-state index contributed by atoms with van der Waals surface area (Å²) < 4.78 is 1.82. The number of aromatic nitrogens is 3. The van der Waals surface area contributed by atoms with Crippen molar-refractivity contribution in [2.75, 3.05) is 0 Å². The molecule has 0 saturated carbocycles. The van der Waals surface area contributed by atoms with Crippen LogP contribution >= 0.6 is 0 Å². The molecule has 2 heterocycles. The largest absolute Gasteiger partial charge is 0.342 e. The molecule has 2 aromatic heterocycles. The van der Waals surface area contributed by atoms with Crippen molar-refractivity contribution in [2.24, 2.45) is 7.05 Å². The second-order valence-electron chi connectivity index (χ2n) is 4.21. The van der Waals surface area contributed by atoms with Crippen molar-refractivity contribution in [1.82, 2.24) is 19.9 Å². The molecular formula is C13H15N5. The smallest absolute Gasteiger partial charge is 0.120 e. The van der Waals surface area contributed by atoms with Gasteiger partial charge < -0.3 is 9.88 Å². The van der Waals surface area contributed by atoms with Crippen LogP contribution in [-0.4, -0.2) is 14.5 Å². The molecule has 0 aromatic carbocycles. The minimum Gasteiger partial charge on any atom is -0.342 e. The van der Waals surface area contributed by atoms with Crippen LogP contribution in [0.15, 0.2) is 24.7 Å². The van der Waals surface area contributed by atoms with E-state index < -0.39 is 0 Å². The molecule has 0 bridgehead atoms. The summed E-state index contributed by atoms with van der Waals surface area (Å²) >= 11 is 0. The summed E-state index contributed by atoms with van der Waals surface area (Å²) in [6.07, 6.45) is 5.48. The van der Waals surface area contributed by atoms with Crippen LogP contribution in [0.25, 0.3) is 0 Å². The predicted molar refractivity (Wildman–Crippen MR) is 67.4 cm³/mol. The number of hydrogen-bond acceptors (Lipinski definition) is 4. The second-order valence-corrected chi connectivity index (χ2v) is 4.21. The van der Waals surface area contributed by atoms with Crippen LogP contribution in [0, 0.1) is 18.3 Å². The number of rotatable bonds is 4. The van der Waals surface area contributed by atoms with E-state index in [9.17, 15) is 0 Å². The van der Waals surface area contributed by atoms with Gasteiger partial charge in [0.05, 0.1) is 11.4 Å². The van der Waals surface area contributed by atoms with E-state index >= 15 is 0 Å². The first-order valence-corrected chi connectivity index (χ1v) is 5.72. The van der Waals surface area contributed by atoms with E-state index in [2.05, 4.69) is 21.4 Å². The number of nitrogens with one attached hydrogen (secondary N) is 1. The monoisotopic (exact) mass is 241 g/mol. The lowest BCUT2D eigenvalue weighted by Gasteiger charge is -2.02. The fraction of sp³-hybridized carbons (Fsp3) is 0.308. The molecule has 0 radical (unpaired) electrons. The zero-order chi connectivity index (χ0) is 13.0. The van der Waals surface area contributed by atoms with Gasteiger partial charge in [-0.3, -0.25) is 9.97 Å².